The van der Waals surface area contributed by atoms with E-state index in [2.05, 4.69) is 65.3 Å². The highest BCUT2D eigenvalue weighted by atomic mass is 16.5. The molecule has 0 saturated carbocycles. The smallest absolute Gasteiger partial charge is 0.150 e. The molecule has 1 aliphatic rings. The third-order valence-electron chi connectivity index (χ3n) is 5.94. The summed E-state index contributed by atoms with van der Waals surface area (Å²) in [5, 5.41) is 0. The Balaban J connectivity index is 1.82. The molecular weight excluding hydrogens is 348 g/mol. The summed E-state index contributed by atoms with van der Waals surface area (Å²) in [4.78, 5) is 17.3. The van der Waals surface area contributed by atoms with Crippen LogP contribution in [-0.2, 0) is 22.4 Å². The Kier molecular flexibility index (Phi) is 6.53. The van der Waals surface area contributed by atoms with Crippen LogP contribution in [0.5, 0.6) is 0 Å². The second-order valence-electron chi connectivity index (χ2n) is 8.09. The predicted molar refractivity (Wildman–Crippen MR) is 115 cm³/mol. The maximum Gasteiger partial charge on any atom is 0.150 e. The van der Waals surface area contributed by atoms with Crippen molar-refractivity contribution in [1.82, 2.24) is 4.90 Å². The van der Waals surface area contributed by atoms with E-state index < -0.39 is 5.54 Å². The van der Waals surface area contributed by atoms with Crippen molar-refractivity contribution in [3.63, 3.8) is 0 Å². The molecule has 0 spiro atoms. The molecule has 28 heavy (non-hydrogen) atoms. The molecule has 1 fully saturated rings. The van der Waals surface area contributed by atoms with Gasteiger partial charge in [0.05, 0.1) is 18.8 Å². The Morgan fingerprint density at radius 3 is 1.93 bits per heavy atom. The van der Waals surface area contributed by atoms with Gasteiger partial charge in [-0.15, -0.1) is 0 Å². The SMILES string of the molecule is CC(=O)C(Cc1ccc(C)cc1)(Cc1ccc(N2CCOCC2)cc1)N(C)C. The minimum Gasteiger partial charge on any atom is -0.378 e. The summed E-state index contributed by atoms with van der Waals surface area (Å²) in [7, 11) is 4.02. The van der Waals surface area contributed by atoms with Crippen LogP contribution in [0, 0.1) is 6.92 Å². The summed E-state index contributed by atoms with van der Waals surface area (Å²) >= 11 is 0. The van der Waals surface area contributed by atoms with Crippen LogP contribution in [0.2, 0.25) is 0 Å². The minimum atomic E-state index is -0.546. The van der Waals surface area contributed by atoms with E-state index in [4.69, 9.17) is 4.74 Å². The first-order valence-electron chi connectivity index (χ1n) is 10.1. The number of anilines is 1. The van der Waals surface area contributed by atoms with Crippen LogP contribution in [-0.4, -0.2) is 56.6 Å². The molecule has 4 heteroatoms. The van der Waals surface area contributed by atoms with Crippen LogP contribution in [0.4, 0.5) is 5.69 Å². The van der Waals surface area contributed by atoms with Crippen LogP contribution in [0.1, 0.15) is 23.6 Å². The predicted octanol–water partition coefficient (Wildman–Crippen LogP) is 3.51. The molecule has 2 aromatic carbocycles. The third kappa shape index (κ3) is 4.62. The summed E-state index contributed by atoms with van der Waals surface area (Å²) in [6.45, 7) is 7.24. The summed E-state index contributed by atoms with van der Waals surface area (Å²) in [6.07, 6.45) is 1.41. The van der Waals surface area contributed by atoms with E-state index in [1.807, 2.05) is 14.1 Å². The minimum absolute atomic E-state index is 0.204. The molecule has 1 saturated heterocycles. The third-order valence-corrected chi connectivity index (χ3v) is 5.94. The number of benzene rings is 2. The fourth-order valence-electron chi connectivity index (χ4n) is 3.97. The van der Waals surface area contributed by atoms with Crippen molar-refractivity contribution in [3.05, 3.63) is 65.2 Å². The van der Waals surface area contributed by atoms with Gasteiger partial charge >= 0.3 is 0 Å². The van der Waals surface area contributed by atoms with E-state index in [-0.39, 0.29) is 5.78 Å². The Hall–Kier alpha value is -2.17. The first-order chi connectivity index (χ1) is 13.4. The zero-order chi connectivity index (χ0) is 20.1. The monoisotopic (exact) mass is 380 g/mol. The standard InChI is InChI=1S/C24H32N2O2/c1-19-5-7-21(8-6-19)17-24(20(2)27,25(3)4)18-22-9-11-23(12-10-22)26-13-15-28-16-14-26/h5-12H,13-18H2,1-4H3. The Bertz CT molecular complexity index is 777. The maximum absolute atomic E-state index is 12.8. The molecule has 3 rings (SSSR count). The van der Waals surface area contributed by atoms with Crippen LogP contribution in [0.25, 0.3) is 0 Å². The van der Waals surface area contributed by atoms with Gasteiger partial charge in [-0.05, 0) is 64.0 Å². The van der Waals surface area contributed by atoms with E-state index in [0.29, 0.717) is 12.8 Å². The van der Waals surface area contributed by atoms with Gasteiger partial charge in [-0.3, -0.25) is 9.69 Å². The molecule has 1 heterocycles. The molecule has 2 aromatic rings. The number of aryl methyl sites for hydroxylation is 1. The number of nitrogens with zero attached hydrogens (tertiary/aromatic N) is 2. The molecule has 0 bridgehead atoms. The average Bonchev–Trinajstić information content (AvgIpc) is 2.70. The van der Waals surface area contributed by atoms with Crippen molar-refractivity contribution in [3.8, 4) is 0 Å². The van der Waals surface area contributed by atoms with Gasteiger partial charge in [0.25, 0.3) is 0 Å². The van der Waals surface area contributed by atoms with E-state index in [9.17, 15) is 4.79 Å². The highest BCUT2D eigenvalue weighted by molar-refractivity contribution is 5.87. The fourth-order valence-corrected chi connectivity index (χ4v) is 3.97. The lowest BCUT2D eigenvalue weighted by Crippen LogP contribution is -2.53. The summed E-state index contributed by atoms with van der Waals surface area (Å²) < 4.78 is 5.44. The van der Waals surface area contributed by atoms with Crippen LogP contribution >= 0.6 is 0 Å². The Labute approximate surface area is 169 Å². The molecular formula is C24H32N2O2. The second kappa shape index (κ2) is 8.89. The maximum atomic E-state index is 12.8. The van der Waals surface area contributed by atoms with Crippen molar-refractivity contribution in [1.29, 1.82) is 0 Å². The fraction of sp³-hybridized carbons (Fsp3) is 0.458. The number of morpholine rings is 1. The summed E-state index contributed by atoms with van der Waals surface area (Å²) in [5.74, 6) is 0.204. The molecule has 1 aliphatic heterocycles. The van der Waals surface area contributed by atoms with E-state index in [0.717, 1.165) is 26.3 Å². The number of ketones is 1. The van der Waals surface area contributed by atoms with Crippen molar-refractivity contribution >= 4 is 11.5 Å². The number of Topliss-reactive ketones (excluding diaryl/α,β-unsaturated/α-hetero) is 1. The Morgan fingerprint density at radius 2 is 1.46 bits per heavy atom. The van der Waals surface area contributed by atoms with Gasteiger partial charge in [-0.2, -0.15) is 0 Å². The normalized spacial score (nSPS) is 16.8. The highest BCUT2D eigenvalue weighted by Gasteiger charge is 2.38. The number of hydrogen-bond acceptors (Lipinski definition) is 4. The average molecular weight is 381 g/mol. The quantitative estimate of drug-likeness (QED) is 0.736. The summed E-state index contributed by atoms with van der Waals surface area (Å²) in [5.41, 5.74) is 4.30. The van der Waals surface area contributed by atoms with Gasteiger partial charge in [0, 0.05) is 18.8 Å². The Morgan fingerprint density at radius 1 is 0.964 bits per heavy atom. The first-order valence-corrected chi connectivity index (χ1v) is 10.1. The van der Waals surface area contributed by atoms with Gasteiger partial charge in [-0.1, -0.05) is 42.0 Å². The first kappa shape index (κ1) is 20.6. The van der Waals surface area contributed by atoms with Gasteiger partial charge in [-0.25, -0.2) is 0 Å². The molecule has 0 amide bonds. The van der Waals surface area contributed by atoms with E-state index >= 15 is 0 Å². The largest absolute Gasteiger partial charge is 0.378 e. The molecule has 150 valence electrons. The summed E-state index contributed by atoms with van der Waals surface area (Å²) in [6, 6.07) is 17.2. The second-order valence-corrected chi connectivity index (χ2v) is 8.09. The van der Waals surface area contributed by atoms with E-state index in [1.165, 1.54) is 22.4 Å². The molecule has 4 nitrogen and oxygen atoms in total. The molecule has 0 aromatic heterocycles. The van der Waals surface area contributed by atoms with Crippen LogP contribution in [0.15, 0.2) is 48.5 Å². The van der Waals surface area contributed by atoms with Crippen molar-refractivity contribution < 1.29 is 9.53 Å². The van der Waals surface area contributed by atoms with Gasteiger partial charge in [0.15, 0.2) is 5.78 Å². The van der Waals surface area contributed by atoms with Crippen molar-refractivity contribution in [2.24, 2.45) is 0 Å². The number of ether oxygens (including phenoxy) is 1. The molecule has 1 atom stereocenters. The number of hydrogen-bond donors (Lipinski definition) is 0. The number of carbonyl (C=O) groups excluding carboxylic acids is 1. The number of likely N-dealkylation sites (N-methyl/N-ethyl adjacent to an activating group) is 1. The van der Waals surface area contributed by atoms with Gasteiger partial charge < -0.3 is 9.64 Å². The van der Waals surface area contributed by atoms with Crippen LogP contribution < -0.4 is 4.90 Å². The lowest BCUT2D eigenvalue weighted by Gasteiger charge is -2.38. The van der Waals surface area contributed by atoms with E-state index in [1.54, 1.807) is 6.92 Å². The topological polar surface area (TPSA) is 32.8 Å². The van der Waals surface area contributed by atoms with Crippen molar-refractivity contribution in [2.45, 2.75) is 32.2 Å². The molecule has 0 aliphatic carbocycles. The van der Waals surface area contributed by atoms with Gasteiger partial charge in [0.1, 0.15) is 0 Å². The molecule has 1 unspecified atom stereocenters. The molecule has 0 N–H and O–H groups in total. The zero-order valence-corrected chi connectivity index (χ0v) is 17.6. The number of carbonyl (C=O) groups is 1. The zero-order valence-electron chi connectivity index (χ0n) is 17.6. The van der Waals surface area contributed by atoms with Gasteiger partial charge in [0.2, 0.25) is 0 Å². The van der Waals surface area contributed by atoms with Crippen molar-refractivity contribution in [2.75, 3.05) is 45.3 Å². The molecule has 0 radical (unpaired) electrons. The lowest BCUT2D eigenvalue weighted by molar-refractivity contribution is -0.127. The highest BCUT2D eigenvalue weighted by Crippen LogP contribution is 2.27. The lowest BCUT2D eigenvalue weighted by atomic mass is 9.80. The number of rotatable bonds is 7. The van der Waals surface area contributed by atoms with Crippen LogP contribution in [0.3, 0.4) is 0 Å².